The Labute approximate surface area is 118 Å². The SMILES string of the molecule is COc1ccccc1C(C)NCCc1csc(C)n1. The summed E-state index contributed by atoms with van der Waals surface area (Å²) in [5.74, 6) is 0.937. The van der Waals surface area contributed by atoms with Gasteiger partial charge in [0.05, 0.1) is 17.8 Å². The molecule has 0 spiro atoms. The molecule has 2 rings (SSSR count). The number of benzene rings is 1. The second-order valence-electron chi connectivity index (χ2n) is 4.53. The first kappa shape index (κ1) is 14.0. The summed E-state index contributed by atoms with van der Waals surface area (Å²) in [4.78, 5) is 4.47. The molecule has 2 aromatic rings. The van der Waals surface area contributed by atoms with E-state index in [2.05, 4.69) is 28.7 Å². The maximum Gasteiger partial charge on any atom is 0.123 e. The van der Waals surface area contributed by atoms with Crippen molar-refractivity contribution in [2.75, 3.05) is 13.7 Å². The molecule has 102 valence electrons. The summed E-state index contributed by atoms with van der Waals surface area (Å²) >= 11 is 1.71. The van der Waals surface area contributed by atoms with E-state index >= 15 is 0 Å². The summed E-state index contributed by atoms with van der Waals surface area (Å²) in [6, 6.07) is 8.41. The number of hydrogen-bond acceptors (Lipinski definition) is 4. The zero-order chi connectivity index (χ0) is 13.7. The highest BCUT2D eigenvalue weighted by Crippen LogP contribution is 2.24. The fourth-order valence-corrected chi connectivity index (χ4v) is 2.72. The minimum atomic E-state index is 0.274. The van der Waals surface area contributed by atoms with Crippen molar-refractivity contribution in [1.29, 1.82) is 0 Å². The molecule has 0 aliphatic heterocycles. The molecular weight excluding hydrogens is 256 g/mol. The lowest BCUT2D eigenvalue weighted by atomic mass is 10.1. The Balaban J connectivity index is 1.88. The van der Waals surface area contributed by atoms with Crippen molar-refractivity contribution >= 4 is 11.3 Å². The first-order valence-corrected chi connectivity index (χ1v) is 7.36. The van der Waals surface area contributed by atoms with Crippen LogP contribution < -0.4 is 10.1 Å². The molecule has 1 N–H and O–H groups in total. The quantitative estimate of drug-likeness (QED) is 0.878. The van der Waals surface area contributed by atoms with E-state index in [9.17, 15) is 0 Å². The Morgan fingerprint density at radius 3 is 2.84 bits per heavy atom. The van der Waals surface area contributed by atoms with Crippen molar-refractivity contribution < 1.29 is 4.74 Å². The fourth-order valence-electron chi connectivity index (χ4n) is 2.07. The van der Waals surface area contributed by atoms with Crippen LogP contribution in [0.4, 0.5) is 0 Å². The summed E-state index contributed by atoms with van der Waals surface area (Å²) in [6.07, 6.45) is 0.962. The lowest BCUT2D eigenvalue weighted by Gasteiger charge is -2.16. The number of thiazole rings is 1. The molecule has 0 aliphatic carbocycles. The Morgan fingerprint density at radius 1 is 1.37 bits per heavy atom. The van der Waals surface area contributed by atoms with Gasteiger partial charge in [0.1, 0.15) is 5.75 Å². The molecule has 0 saturated heterocycles. The molecule has 1 unspecified atom stereocenters. The van der Waals surface area contributed by atoms with Crippen LogP contribution in [-0.2, 0) is 6.42 Å². The number of para-hydroxylation sites is 1. The summed E-state index contributed by atoms with van der Waals surface area (Å²) in [7, 11) is 1.71. The minimum absolute atomic E-state index is 0.274. The maximum atomic E-state index is 5.38. The van der Waals surface area contributed by atoms with E-state index < -0.39 is 0 Å². The third-order valence-corrected chi connectivity index (χ3v) is 3.93. The highest BCUT2D eigenvalue weighted by molar-refractivity contribution is 7.09. The van der Waals surface area contributed by atoms with Crippen molar-refractivity contribution in [2.45, 2.75) is 26.3 Å². The van der Waals surface area contributed by atoms with Crippen molar-refractivity contribution in [3.8, 4) is 5.75 Å². The van der Waals surface area contributed by atoms with Gasteiger partial charge < -0.3 is 10.1 Å². The number of nitrogens with one attached hydrogen (secondary N) is 1. The van der Waals surface area contributed by atoms with Crippen LogP contribution in [0.15, 0.2) is 29.6 Å². The molecule has 0 fully saturated rings. The number of methoxy groups -OCH3 is 1. The van der Waals surface area contributed by atoms with Crippen LogP contribution in [0.2, 0.25) is 0 Å². The normalized spacial score (nSPS) is 12.4. The predicted molar refractivity (Wildman–Crippen MR) is 80.0 cm³/mol. The number of aromatic nitrogens is 1. The van der Waals surface area contributed by atoms with Crippen LogP contribution in [0.1, 0.15) is 29.2 Å². The lowest BCUT2D eigenvalue weighted by Crippen LogP contribution is -2.21. The van der Waals surface area contributed by atoms with Crippen molar-refractivity contribution in [3.63, 3.8) is 0 Å². The van der Waals surface area contributed by atoms with E-state index in [0.29, 0.717) is 0 Å². The number of hydrogen-bond donors (Lipinski definition) is 1. The van der Waals surface area contributed by atoms with Crippen LogP contribution in [0, 0.1) is 6.92 Å². The fraction of sp³-hybridized carbons (Fsp3) is 0.400. The van der Waals surface area contributed by atoms with Gasteiger partial charge in [0.2, 0.25) is 0 Å². The van der Waals surface area contributed by atoms with Gasteiger partial charge in [-0.1, -0.05) is 18.2 Å². The highest BCUT2D eigenvalue weighted by atomic mass is 32.1. The predicted octanol–water partition coefficient (Wildman–Crippen LogP) is 3.35. The van der Waals surface area contributed by atoms with Crippen LogP contribution >= 0.6 is 11.3 Å². The molecule has 0 bridgehead atoms. The molecule has 0 amide bonds. The Hall–Kier alpha value is -1.39. The lowest BCUT2D eigenvalue weighted by molar-refractivity contribution is 0.402. The van der Waals surface area contributed by atoms with E-state index in [1.54, 1.807) is 18.4 Å². The second-order valence-corrected chi connectivity index (χ2v) is 5.59. The number of rotatable bonds is 6. The monoisotopic (exact) mass is 276 g/mol. The Kier molecular flexibility index (Phi) is 4.93. The van der Waals surface area contributed by atoms with Gasteiger partial charge in [-0.25, -0.2) is 4.98 Å². The second kappa shape index (κ2) is 6.68. The minimum Gasteiger partial charge on any atom is -0.496 e. The standard InChI is InChI=1S/C15H20N2OS/c1-11(14-6-4-5-7-15(14)18-3)16-9-8-13-10-19-12(2)17-13/h4-7,10-11,16H,8-9H2,1-3H3. The van der Waals surface area contributed by atoms with Gasteiger partial charge in [-0.15, -0.1) is 11.3 Å². The van der Waals surface area contributed by atoms with Crippen LogP contribution in [0.25, 0.3) is 0 Å². The molecule has 0 saturated carbocycles. The summed E-state index contributed by atoms with van der Waals surface area (Å²) in [5, 5.41) is 6.78. The first-order valence-electron chi connectivity index (χ1n) is 6.48. The molecular formula is C15H20N2OS. The van der Waals surface area contributed by atoms with E-state index in [1.165, 1.54) is 11.3 Å². The van der Waals surface area contributed by atoms with Crippen LogP contribution in [0.5, 0.6) is 5.75 Å². The van der Waals surface area contributed by atoms with Crippen LogP contribution in [-0.4, -0.2) is 18.6 Å². The molecule has 1 heterocycles. The van der Waals surface area contributed by atoms with Crippen molar-refractivity contribution in [2.24, 2.45) is 0 Å². The highest BCUT2D eigenvalue weighted by Gasteiger charge is 2.10. The van der Waals surface area contributed by atoms with E-state index in [-0.39, 0.29) is 6.04 Å². The molecule has 1 atom stereocenters. The molecule has 19 heavy (non-hydrogen) atoms. The summed E-state index contributed by atoms with van der Waals surface area (Å²) in [6.45, 7) is 5.12. The zero-order valence-corrected chi connectivity index (χ0v) is 12.5. The van der Waals surface area contributed by atoms with Gasteiger partial charge in [0.25, 0.3) is 0 Å². The molecule has 1 aromatic carbocycles. The Bertz CT molecular complexity index is 524. The summed E-state index contributed by atoms with van der Waals surface area (Å²) in [5.41, 5.74) is 2.36. The van der Waals surface area contributed by atoms with Crippen molar-refractivity contribution in [1.82, 2.24) is 10.3 Å². The van der Waals surface area contributed by atoms with Gasteiger partial charge in [0, 0.05) is 30.0 Å². The third kappa shape index (κ3) is 3.78. The first-order chi connectivity index (χ1) is 9.20. The number of ether oxygens (including phenoxy) is 1. The number of nitrogens with zero attached hydrogens (tertiary/aromatic N) is 1. The Morgan fingerprint density at radius 2 is 2.16 bits per heavy atom. The third-order valence-electron chi connectivity index (χ3n) is 3.10. The van der Waals surface area contributed by atoms with Gasteiger partial charge >= 0.3 is 0 Å². The van der Waals surface area contributed by atoms with Gasteiger partial charge in [-0.3, -0.25) is 0 Å². The molecule has 0 aliphatic rings. The van der Waals surface area contributed by atoms with Gasteiger partial charge in [-0.05, 0) is 19.9 Å². The van der Waals surface area contributed by atoms with E-state index in [1.807, 2.05) is 25.1 Å². The summed E-state index contributed by atoms with van der Waals surface area (Å²) < 4.78 is 5.38. The van der Waals surface area contributed by atoms with Gasteiger partial charge in [-0.2, -0.15) is 0 Å². The zero-order valence-electron chi connectivity index (χ0n) is 11.6. The van der Waals surface area contributed by atoms with Crippen molar-refractivity contribution in [3.05, 3.63) is 45.9 Å². The van der Waals surface area contributed by atoms with Crippen LogP contribution in [0.3, 0.4) is 0 Å². The molecule has 4 heteroatoms. The smallest absolute Gasteiger partial charge is 0.123 e. The topological polar surface area (TPSA) is 34.1 Å². The molecule has 3 nitrogen and oxygen atoms in total. The molecule has 0 radical (unpaired) electrons. The molecule has 1 aromatic heterocycles. The van der Waals surface area contributed by atoms with E-state index in [0.717, 1.165) is 23.7 Å². The average molecular weight is 276 g/mol. The largest absolute Gasteiger partial charge is 0.496 e. The van der Waals surface area contributed by atoms with Gasteiger partial charge in [0.15, 0.2) is 0 Å². The average Bonchev–Trinajstić information content (AvgIpc) is 2.84. The number of aryl methyl sites for hydroxylation is 1. The maximum absolute atomic E-state index is 5.38. The van der Waals surface area contributed by atoms with E-state index in [4.69, 9.17) is 4.74 Å².